The molecule has 1 aromatic carbocycles. The van der Waals surface area contributed by atoms with Gasteiger partial charge >= 0.3 is 0 Å². The minimum Gasteiger partial charge on any atom is -0.497 e. The zero-order chi connectivity index (χ0) is 14.3. The second-order valence-corrected chi connectivity index (χ2v) is 5.61. The van der Waals surface area contributed by atoms with Gasteiger partial charge in [0.15, 0.2) is 5.11 Å². The third-order valence-electron chi connectivity index (χ3n) is 2.88. The summed E-state index contributed by atoms with van der Waals surface area (Å²) in [4.78, 5) is 0. The number of thiocarbonyl (C=S) groups is 1. The minimum atomic E-state index is 0.382. The van der Waals surface area contributed by atoms with Crippen LogP contribution in [0.3, 0.4) is 0 Å². The van der Waals surface area contributed by atoms with Crippen LogP contribution < -0.4 is 15.4 Å². The molecule has 3 nitrogen and oxygen atoms in total. The number of nitrogens with one attached hydrogen (secondary N) is 2. The van der Waals surface area contributed by atoms with Gasteiger partial charge < -0.3 is 15.4 Å². The second kappa shape index (κ2) is 8.00. The van der Waals surface area contributed by atoms with Crippen molar-refractivity contribution in [2.45, 2.75) is 39.7 Å². The number of methoxy groups -OCH3 is 1. The Bertz CT molecular complexity index is 407. The van der Waals surface area contributed by atoms with Gasteiger partial charge in [-0.1, -0.05) is 19.9 Å². The van der Waals surface area contributed by atoms with E-state index < -0.39 is 0 Å². The average molecular weight is 280 g/mol. The Morgan fingerprint density at radius 2 is 2.00 bits per heavy atom. The van der Waals surface area contributed by atoms with Crippen molar-refractivity contribution in [3.63, 3.8) is 0 Å². The van der Waals surface area contributed by atoms with Gasteiger partial charge in [0.1, 0.15) is 5.75 Å². The lowest BCUT2D eigenvalue weighted by Gasteiger charge is -2.18. The molecule has 0 saturated heterocycles. The van der Waals surface area contributed by atoms with E-state index in [4.69, 9.17) is 17.0 Å². The highest BCUT2D eigenvalue weighted by Gasteiger charge is 2.06. The predicted molar refractivity (Wildman–Crippen MR) is 85.9 cm³/mol. The number of hydrogen-bond donors (Lipinski definition) is 2. The van der Waals surface area contributed by atoms with Crippen molar-refractivity contribution >= 4 is 23.0 Å². The Labute approximate surface area is 121 Å². The van der Waals surface area contributed by atoms with E-state index in [9.17, 15) is 0 Å². The fourth-order valence-corrected chi connectivity index (χ4v) is 2.07. The zero-order valence-corrected chi connectivity index (χ0v) is 13.0. The van der Waals surface area contributed by atoms with Gasteiger partial charge in [0.05, 0.1) is 7.11 Å². The molecule has 1 rings (SSSR count). The predicted octanol–water partition coefficient (Wildman–Crippen LogP) is 3.81. The molecule has 0 heterocycles. The van der Waals surface area contributed by atoms with Crippen LogP contribution in [0.25, 0.3) is 0 Å². The summed E-state index contributed by atoms with van der Waals surface area (Å²) < 4.78 is 5.18. The second-order valence-electron chi connectivity index (χ2n) is 5.20. The smallest absolute Gasteiger partial charge is 0.170 e. The highest BCUT2D eigenvalue weighted by Crippen LogP contribution is 2.16. The molecule has 0 aliphatic carbocycles. The van der Waals surface area contributed by atoms with Crippen LogP contribution in [-0.4, -0.2) is 18.3 Å². The van der Waals surface area contributed by atoms with Gasteiger partial charge in [-0.3, -0.25) is 0 Å². The highest BCUT2D eigenvalue weighted by molar-refractivity contribution is 7.80. The number of benzene rings is 1. The quantitative estimate of drug-likeness (QED) is 0.776. The summed E-state index contributed by atoms with van der Waals surface area (Å²) in [6.45, 7) is 6.63. The van der Waals surface area contributed by atoms with Crippen molar-refractivity contribution in [2.75, 3.05) is 12.4 Å². The maximum Gasteiger partial charge on any atom is 0.170 e. The summed E-state index contributed by atoms with van der Waals surface area (Å²) in [5, 5.41) is 7.13. The summed E-state index contributed by atoms with van der Waals surface area (Å²) in [6.07, 6.45) is 2.33. The first-order valence-electron chi connectivity index (χ1n) is 6.73. The normalized spacial score (nSPS) is 12.1. The molecule has 0 aliphatic heterocycles. The van der Waals surface area contributed by atoms with Crippen LogP contribution in [0.2, 0.25) is 0 Å². The van der Waals surface area contributed by atoms with E-state index >= 15 is 0 Å². The molecular formula is C15H24N2OS. The van der Waals surface area contributed by atoms with Crippen LogP contribution in [0.15, 0.2) is 24.3 Å². The van der Waals surface area contributed by atoms with E-state index in [0.29, 0.717) is 11.2 Å². The van der Waals surface area contributed by atoms with E-state index in [1.165, 1.54) is 6.42 Å². The van der Waals surface area contributed by atoms with Crippen molar-refractivity contribution < 1.29 is 4.74 Å². The van der Waals surface area contributed by atoms with Crippen LogP contribution in [0.5, 0.6) is 5.75 Å². The summed E-state index contributed by atoms with van der Waals surface area (Å²) in [5.41, 5.74) is 0.938. The molecule has 0 aliphatic rings. The summed E-state index contributed by atoms with van der Waals surface area (Å²) in [6, 6.07) is 8.12. The molecule has 0 radical (unpaired) electrons. The van der Waals surface area contributed by atoms with Crippen molar-refractivity contribution in [1.82, 2.24) is 5.32 Å². The molecule has 106 valence electrons. The third kappa shape index (κ3) is 6.43. The first-order chi connectivity index (χ1) is 9.01. The van der Waals surface area contributed by atoms with Gasteiger partial charge in [-0.15, -0.1) is 0 Å². The molecule has 1 aromatic rings. The van der Waals surface area contributed by atoms with Crippen molar-refractivity contribution in [3.8, 4) is 5.75 Å². The van der Waals surface area contributed by atoms with E-state index in [1.54, 1.807) is 7.11 Å². The van der Waals surface area contributed by atoms with Crippen molar-refractivity contribution in [2.24, 2.45) is 5.92 Å². The van der Waals surface area contributed by atoms with Crippen molar-refractivity contribution in [1.29, 1.82) is 0 Å². The largest absolute Gasteiger partial charge is 0.497 e. The monoisotopic (exact) mass is 280 g/mol. The summed E-state index contributed by atoms with van der Waals surface area (Å²) in [5.74, 6) is 1.55. The third-order valence-corrected chi connectivity index (χ3v) is 3.10. The first-order valence-corrected chi connectivity index (χ1v) is 7.13. The zero-order valence-electron chi connectivity index (χ0n) is 12.2. The molecule has 0 bridgehead atoms. The van der Waals surface area contributed by atoms with Crippen LogP contribution in [0.1, 0.15) is 33.6 Å². The number of hydrogen-bond acceptors (Lipinski definition) is 2. The van der Waals surface area contributed by atoms with E-state index in [0.717, 1.165) is 23.8 Å². The molecule has 19 heavy (non-hydrogen) atoms. The van der Waals surface area contributed by atoms with Crippen molar-refractivity contribution in [3.05, 3.63) is 24.3 Å². The lowest BCUT2D eigenvalue weighted by Crippen LogP contribution is -2.36. The Morgan fingerprint density at radius 1 is 1.26 bits per heavy atom. The molecule has 4 heteroatoms. The van der Waals surface area contributed by atoms with E-state index in [-0.39, 0.29) is 0 Å². The molecule has 1 unspecified atom stereocenters. The van der Waals surface area contributed by atoms with Crippen LogP contribution in [-0.2, 0) is 0 Å². The number of ether oxygens (including phenoxy) is 1. The Morgan fingerprint density at radius 3 is 2.63 bits per heavy atom. The summed E-state index contributed by atoms with van der Waals surface area (Å²) in [7, 11) is 1.66. The fourth-order valence-electron chi connectivity index (χ4n) is 1.75. The number of anilines is 1. The fraction of sp³-hybridized carbons (Fsp3) is 0.533. The minimum absolute atomic E-state index is 0.382. The molecule has 1 atom stereocenters. The molecule has 0 aromatic heterocycles. The lowest BCUT2D eigenvalue weighted by molar-refractivity contribution is 0.415. The Hall–Kier alpha value is -1.29. The standard InChI is InChI=1S/C15H24N2OS/c1-11(2)8-9-12(3)16-15(19)17-13-6-5-7-14(10-13)18-4/h5-7,10-12H,8-9H2,1-4H3,(H2,16,17,19). The highest BCUT2D eigenvalue weighted by atomic mass is 32.1. The summed E-state index contributed by atoms with van der Waals surface area (Å²) >= 11 is 5.31. The van der Waals surface area contributed by atoms with Gasteiger partial charge in [0, 0.05) is 17.8 Å². The van der Waals surface area contributed by atoms with Gasteiger partial charge in [0.25, 0.3) is 0 Å². The topological polar surface area (TPSA) is 33.3 Å². The molecule has 2 N–H and O–H groups in total. The maximum atomic E-state index is 5.31. The first kappa shape index (κ1) is 15.8. The number of rotatable bonds is 6. The van der Waals surface area contributed by atoms with Gasteiger partial charge in [-0.25, -0.2) is 0 Å². The molecule has 0 spiro atoms. The Balaban J connectivity index is 2.41. The van der Waals surface area contributed by atoms with Crippen LogP contribution >= 0.6 is 12.2 Å². The SMILES string of the molecule is COc1cccc(NC(=S)NC(C)CCC(C)C)c1. The lowest BCUT2D eigenvalue weighted by atomic mass is 10.0. The van der Waals surface area contributed by atoms with Crippen LogP contribution in [0.4, 0.5) is 5.69 Å². The maximum absolute atomic E-state index is 5.31. The Kier molecular flexibility index (Phi) is 6.64. The van der Waals surface area contributed by atoms with E-state index in [2.05, 4.69) is 31.4 Å². The van der Waals surface area contributed by atoms with Gasteiger partial charge in [0.2, 0.25) is 0 Å². The van der Waals surface area contributed by atoms with Gasteiger partial charge in [-0.2, -0.15) is 0 Å². The molecule has 0 amide bonds. The molecular weight excluding hydrogens is 256 g/mol. The molecule has 0 fully saturated rings. The molecule has 0 saturated carbocycles. The van der Waals surface area contributed by atoms with Gasteiger partial charge in [-0.05, 0) is 50.0 Å². The average Bonchev–Trinajstić information content (AvgIpc) is 2.36. The van der Waals surface area contributed by atoms with E-state index in [1.807, 2.05) is 24.3 Å². The van der Waals surface area contributed by atoms with Crippen LogP contribution in [0, 0.1) is 5.92 Å².